The summed E-state index contributed by atoms with van der Waals surface area (Å²) in [4.78, 5) is 37.3. The second-order valence-electron chi connectivity index (χ2n) is 7.96. The largest absolute Gasteiger partial charge is 0.480 e. The molecule has 1 aliphatic rings. The number of carbonyl (C=O) groups is 3. The van der Waals surface area contributed by atoms with E-state index in [-0.39, 0.29) is 31.4 Å². The maximum Gasteiger partial charge on any atom is 0.407 e. The van der Waals surface area contributed by atoms with Crippen molar-refractivity contribution in [2.24, 2.45) is 0 Å². The van der Waals surface area contributed by atoms with Crippen LogP contribution < -0.4 is 5.32 Å². The van der Waals surface area contributed by atoms with Crippen LogP contribution in [0.25, 0.3) is 11.1 Å². The fourth-order valence-electron chi connectivity index (χ4n) is 4.26. The molecule has 0 radical (unpaired) electrons. The Balaban J connectivity index is 1.61. The number of carboxylic acid groups (broad SMARTS) is 1. The number of hydrogen-bond acceptors (Lipinski definition) is 4. The Morgan fingerprint density at radius 2 is 1.62 bits per heavy atom. The van der Waals surface area contributed by atoms with Gasteiger partial charge < -0.3 is 20.1 Å². The molecule has 0 bridgehead atoms. The van der Waals surface area contributed by atoms with Gasteiger partial charge in [0.2, 0.25) is 5.91 Å². The molecule has 2 amide bonds. The molecule has 0 aromatic heterocycles. The average Bonchev–Trinajstić information content (AvgIpc) is 3.09. The van der Waals surface area contributed by atoms with Crippen molar-refractivity contribution in [1.29, 1.82) is 0 Å². The highest BCUT2D eigenvalue weighted by molar-refractivity contribution is 5.82. The topological polar surface area (TPSA) is 95.9 Å². The highest BCUT2D eigenvalue weighted by atomic mass is 16.5. The molecule has 0 saturated heterocycles. The highest BCUT2D eigenvalue weighted by Gasteiger charge is 2.29. The van der Waals surface area contributed by atoms with Crippen LogP contribution in [0.1, 0.15) is 50.2 Å². The molecule has 170 valence electrons. The van der Waals surface area contributed by atoms with E-state index in [9.17, 15) is 14.4 Å². The van der Waals surface area contributed by atoms with Crippen molar-refractivity contribution in [2.75, 3.05) is 19.7 Å². The van der Waals surface area contributed by atoms with Gasteiger partial charge in [-0.1, -0.05) is 61.9 Å². The first-order valence-electron chi connectivity index (χ1n) is 11.1. The van der Waals surface area contributed by atoms with E-state index in [2.05, 4.69) is 29.6 Å². The molecule has 0 aliphatic heterocycles. The highest BCUT2D eigenvalue weighted by Crippen LogP contribution is 2.44. The predicted molar refractivity (Wildman–Crippen MR) is 121 cm³/mol. The molecule has 0 heterocycles. The summed E-state index contributed by atoms with van der Waals surface area (Å²) in [6.45, 7) is 3.85. The zero-order chi connectivity index (χ0) is 23.1. The molecular weight excluding hydrogens is 408 g/mol. The quantitative estimate of drug-likeness (QED) is 0.584. The molecule has 7 heteroatoms. The van der Waals surface area contributed by atoms with Gasteiger partial charge in [-0.15, -0.1) is 0 Å². The van der Waals surface area contributed by atoms with E-state index in [1.54, 1.807) is 6.92 Å². The minimum absolute atomic E-state index is 0.0365. The number of likely N-dealkylation sites (N-methyl/N-ethyl adjacent to an activating group) is 1. The number of fused-ring (bicyclic) bond motifs is 3. The number of alkyl carbamates (subject to hydrolysis) is 1. The van der Waals surface area contributed by atoms with E-state index in [0.717, 1.165) is 28.7 Å². The number of nitrogens with one attached hydrogen (secondary N) is 1. The van der Waals surface area contributed by atoms with Crippen LogP contribution in [-0.2, 0) is 14.3 Å². The molecule has 2 aromatic carbocycles. The number of rotatable bonds is 10. The Morgan fingerprint density at radius 3 is 2.16 bits per heavy atom. The number of carboxylic acids is 1. The third-order valence-corrected chi connectivity index (χ3v) is 5.78. The number of ether oxygens (including phenoxy) is 1. The summed E-state index contributed by atoms with van der Waals surface area (Å²) in [6, 6.07) is 15.8. The molecule has 0 unspecified atom stereocenters. The minimum atomic E-state index is -1.06. The molecule has 0 spiro atoms. The molecule has 3 rings (SSSR count). The maximum atomic E-state index is 12.6. The molecule has 0 fully saturated rings. The molecule has 7 nitrogen and oxygen atoms in total. The van der Waals surface area contributed by atoms with Crippen LogP contribution in [0, 0.1) is 0 Å². The normalized spacial score (nSPS) is 13.1. The maximum absolute atomic E-state index is 12.6. The Morgan fingerprint density at radius 1 is 1.03 bits per heavy atom. The van der Waals surface area contributed by atoms with Crippen molar-refractivity contribution in [3.05, 3.63) is 59.7 Å². The van der Waals surface area contributed by atoms with E-state index < -0.39 is 18.1 Å². The fourth-order valence-corrected chi connectivity index (χ4v) is 4.26. The predicted octanol–water partition coefficient (Wildman–Crippen LogP) is 4.02. The van der Waals surface area contributed by atoms with Crippen LogP contribution in [0.3, 0.4) is 0 Å². The van der Waals surface area contributed by atoms with E-state index in [0.29, 0.717) is 13.0 Å². The molecule has 1 aliphatic carbocycles. The number of carbonyl (C=O) groups excluding carboxylic acids is 2. The summed E-state index contributed by atoms with van der Waals surface area (Å²) in [5.74, 6) is -1.39. The van der Waals surface area contributed by atoms with E-state index in [1.165, 1.54) is 4.90 Å². The van der Waals surface area contributed by atoms with Crippen LogP contribution in [-0.4, -0.2) is 53.7 Å². The van der Waals surface area contributed by atoms with Crippen LogP contribution in [0.5, 0.6) is 0 Å². The van der Waals surface area contributed by atoms with Crippen molar-refractivity contribution in [3.63, 3.8) is 0 Å². The molecule has 2 aromatic rings. The zero-order valence-electron chi connectivity index (χ0n) is 18.5. The van der Waals surface area contributed by atoms with Gasteiger partial charge in [0.25, 0.3) is 0 Å². The summed E-state index contributed by atoms with van der Waals surface area (Å²) in [6.07, 6.45) is 0.839. The first-order chi connectivity index (χ1) is 15.4. The molecule has 32 heavy (non-hydrogen) atoms. The van der Waals surface area contributed by atoms with Crippen LogP contribution in [0.15, 0.2) is 48.5 Å². The molecular formula is C25H30N2O5. The summed E-state index contributed by atoms with van der Waals surface area (Å²) in [7, 11) is 0. The lowest BCUT2D eigenvalue weighted by Crippen LogP contribution is -2.42. The number of hydrogen-bond donors (Lipinski definition) is 2. The monoisotopic (exact) mass is 438 g/mol. The first-order valence-corrected chi connectivity index (χ1v) is 11.1. The van der Waals surface area contributed by atoms with Gasteiger partial charge in [0.1, 0.15) is 13.2 Å². The van der Waals surface area contributed by atoms with Crippen molar-refractivity contribution >= 4 is 18.0 Å². The van der Waals surface area contributed by atoms with E-state index in [1.807, 2.05) is 31.2 Å². The lowest BCUT2D eigenvalue weighted by Gasteiger charge is -2.23. The summed E-state index contributed by atoms with van der Waals surface area (Å²) >= 11 is 0. The standard InChI is InChI=1S/C25H30N2O5/c1-3-9-17(14-23(28)27(4-2)15-24(29)30)26-25(31)32-16-22-20-12-7-5-10-18(20)19-11-6-8-13-21(19)22/h5-8,10-13,17,22H,3-4,9,14-16H2,1-2H3,(H,26,31)(H,29,30)/t17-/m0/s1. The van der Waals surface area contributed by atoms with E-state index >= 15 is 0 Å². The number of nitrogens with zero attached hydrogens (tertiary/aromatic N) is 1. The van der Waals surface area contributed by atoms with Gasteiger partial charge in [-0.05, 0) is 35.6 Å². The van der Waals surface area contributed by atoms with Crippen molar-refractivity contribution in [2.45, 2.75) is 45.1 Å². The third kappa shape index (κ3) is 5.46. The molecule has 0 saturated carbocycles. The van der Waals surface area contributed by atoms with Gasteiger partial charge in [0, 0.05) is 24.9 Å². The first kappa shape index (κ1) is 23.3. The van der Waals surface area contributed by atoms with E-state index in [4.69, 9.17) is 9.84 Å². The number of aliphatic carboxylic acids is 1. The molecule has 2 N–H and O–H groups in total. The second-order valence-corrected chi connectivity index (χ2v) is 7.96. The van der Waals surface area contributed by atoms with Gasteiger partial charge in [0.15, 0.2) is 0 Å². The lowest BCUT2D eigenvalue weighted by molar-refractivity contribution is -0.144. The van der Waals surface area contributed by atoms with Crippen molar-refractivity contribution in [3.8, 4) is 11.1 Å². The van der Waals surface area contributed by atoms with Gasteiger partial charge in [-0.2, -0.15) is 0 Å². The van der Waals surface area contributed by atoms with Gasteiger partial charge in [-0.25, -0.2) is 4.79 Å². The van der Waals surface area contributed by atoms with Gasteiger partial charge in [0.05, 0.1) is 0 Å². The number of amides is 2. The third-order valence-electron chi connectivity index (χ3n) is 5.78. The second kappa shape index (κ2) is 10.8. The Hall–Kier alpha value is -3.35. The Bertz CT molecular complexity index is 929. The molecule has 1 atom stereocenters. The average molecular weight is 439 g/mol. The van der Waals surface area contributed by atoms with Crippen molar-refractivity contribution < 1.29 is 24.2 Å². The fraction of sp³-hybridized carbons (Fsp3) is 0.400. The van der Waals surface area contributed by atoms with Crippen molar-refractivity contribution in [1.82, 2.24) is 10.2 Å². The smallest absolute Gasteiger partial charge is 0.407 e. The lowest BCUT2D eigenvalue weighted by atomic mass is 9.98. The number of benzene rings is 2. The Kier molecular flexibility index (Phi) is 7.87. The zero-order valence-corrected chi connectivity index (χ0v) is 18.5. The van der Waals surface area contributed by atoms with Crippen LogP contribution in [0.2, 0.25) is 0 Å². The minimum Gasteiger partial charge on any atom is -0.480 e. The van der Waals surface area contributed by atoms with Crippen LogP contribution >= 0.6 is 0 Å². The van der Waals surface area contributed by atoms with Crippen LogP contribution in [0.4, 0.5) is 4.79 Å². The van der Waals surface area contributed by atoms with Gasteiger partial charge in [-0.3, -0.25) is 9.59 Å². The Labute approximate surface area is 188 Å². The summed E-state index contributed by atoms with van der Waals surface area (Å²) in [5, 5.41) is 11.8. The van der Waals surface area contributed by atoms with Gasteiger partial charge >= 0.3 is 12.1 Å². The summed E-state index contributed by atoms with van der Waals surface area (Å²) < 4.78 is 5.58. The summed E-state index contributed by atoms with van der Waals surface area (Å²) in [5.41, 5.74) is 4.58. The SMILES string of the molecule is CCC[C@@H](CC(=O)N(CC)CC(=O)O)NC(=O)OCC1c2ccccc2-c2ccccc21.